The molecule has 3 nitrogen and oxygen atoms in total. The Bertz CT molecular complexity index is 405. The summed E-state index contributed by atoms with van der Waals surface area (Å²) in [5.74, 6) is 0. The number of rotatable bonds is 4. The van der Waals surface area contributed by atoms with Crippen LogP contribution in [0.1, 0.15) is 24.0 Å². The van der Waals surface area contributed by atoms with E-state index in [1.165, 1.54) is 24.9 Å². The first-order valence-electron chi connectivity index (χ1n) is 6.73. The van der Waals surface area contributed by atoms with Gasteiger partial charge in [0.25, 0.3) is 0 Å². The van der Waals surface area contributed by atoms with E-state index in [2.05, 4.69) is 49.0 Å². The van der Waals surface area contributed by atoms with Crippen molar-refractivity contribution in [2.24, 2.45) is 0 Å². The number of aliphatic hydroxyl groups excluding tert-OH is 1. The van der Waals surface area contributed by atoms with Crippen molar-refractivity contribution in [2.45, 2.75) is 32.4 Å². The summed E-state index contributed by atoms with van der Waals surface area (Å²) in [6.07, 6.45) is 2.58. The topological polar surface area (TPSA) is 26.7 Å². The molecule has 1 unspecified atom stereocenters. The van der Waals surface area contributed by atoms with Gasteiger partial charge in [0.05, 0.1) is 6.61 Å². The molecule has 1 aliphatic rings. The van der Waals surface area contributed by atoms with Crippen LogP contribution in [0.2, 0.25) is 0 Å². The van der Waals surface area contributed by atoms with E-state index in [9.17, 15) is 5.11 Å². The minimum Gasteiger partial charge on any atom is -0.392 e. The number of aryl methyl sites for hydroxylation is 1. The SMILES string of the molecule is Cc1ccc(N(C)CC2CCCN2C)c(CO)c1. The predicted octanol–water partition coefficient (Wildman–Crippen LogP) is 2.02. The number of anilines is 1. The molecular formula is C15H24N2O. The van der Waals surface area contributed by atoms with Gasteiger partial charge in [-0.1, -0.05) is 17.7 Å². The third-order valence-corrected chi connectivity index (χ3v) is 3.97. The maximum atomic E-state index is 9.47. The van der Waals surface area contributed by atoms with Gasteiger partial charge in [-0.3, -0.25) is 0 Å². The van der Waals surface area contributed by atoms with Gasteiger partial charge < -0.3 is 14.9 Å². The summed E-state index contributed by atoms with van der Waals surface area (Å²) in [7, 11) is 4.32. The average molecular weight is 248 g/mol. The highest BCUT2D eigenvalue weighted by atomic mass is 16.3. The lowest BCUT2D eigenvalue weighted by Crippen LogP contribution is -2.37. The van der Waals surface area contributed by atoms with Crippen LogP contribution < -0.4 is 4.90 Å². The van der Waals surface area contributed by atoms with Crippen molar-refractivity contribution in [3.8, 4) is 0 Å². The highest BCUT2D eigenvalue weighted by molar-refractivity contribution is 5.54. The minimum atomic E-state index is 0.113. The summed E-state index contributed by atoms with van der Waals surface area (Å²) in [5.41, 5.74) is 3.38. The lowest BCUT2D eigenvalue weighted by molar-refractivity contribution is 0.281. The maximum Gasteiger partial charge on any atom is 0.0702 e. The standard InChI is InChI=1S/C15H24N2O/c1-12-6-7-15(13(9-12)11-18)17(3)10-14-5-4-8-16(14)2/h6-7,9,14,18H,4-5,8,10-11H2,1-3H3. The zero-order chi connectivity index (χ0) is 13.1. The van der Waals surface area contributed by atoms with Crippen LogP contribution in [0, 0.1) is 6.92 Å². The summed E-state index contributed by atoms with van der Waals surface area (Å²) in [5, 5.41) is 9.47. The van der Waals surface area contributed by atoms with Crippen LogP contribution in [0.5, 0.6) is 0 Å². The second-order valence-electron chi connectivity index (χ2n) is 5.45. The van der Waals surface area contributed by atoms with Crippen LogP contribution in [0.3, 0.4) is 0 Å². The highest BCUT2D eigenvalue weighted by Gasteiger charge is 2.22. The fourth-order valence-electron chi connectivity index (χ4n) is 2.84. The molecular weight excluding hydrogens is 224 g/mol. The summed E-state index contributed by atoms with van der Waals surface area (Å²) in [6, 6.07) is 6.95. The minimum absolute atomic E-state index is 0.113. The van der Waals surface area contributed by atoms with Crippen molar-refractivity contribution in [3.05, 3.63) is 29.3 Å². The van der Waals surface area contributed by atoms with E-state index in [0.717, 1.165) is 17.8 Å². The first-order chi connectivity index (χ1) is 8.61. The zero-order valence-electron chi connectivity index (χ0n) is 11.7. The number of benzene rings is 1. The first-order valence-corrected chi connectivity index (χ1v) is 6.73. The second-order valence-corrected chi connectivity index (χ2v) is 5.45. The molecule has 0 aliphatic carbocycles. The molecule has 100 valence electrons. The molecule has 3 heteroatoms. The van der Waals surface area contributed by atoms with Crippen molar-refractivity contribution >= 4 is 5.69 Å². The average Bonchev–Trinajstić information content (AvgIpc) is 2.74. The third kappa shape index (κ3) is 2.85. The van der Waals surface area contributed by atoms with Gasteiger partial charge in [-0.25, -0.2) is 0 Å². The third-order valence-electron chi connectivity index (χ3n) is 3.97. The number of aliphatic hydroxyl groups is 1. The molecule has 1 N–H and O–H groups in total. The quantitative estimate of drug-likeness (QED) is 0.883. The van der Waals surface area contributed by atoms with Crippen molar-refractivity contribution in [1.29, 1.82) is 0 Å². The number of hydrogen-bond donors (Lipinski definition) is 1. The van der Waals surface area contributed by atoms with E-state index in [1.54, 1.807) is 0 Å². The number of likely N-dealkylation sites (N-methyl/N-ethyl adjacent to an activating group) is 2. The highest BCUT2D eigenvalue weighted by Crippen LogP contribution is 2.23. The van der Waals surface area contributed by atoms with Gasteiger partial charge in [-0.05, 0) is 39.4 Å². The molecule has 1 saturated heterocycles. The Morgan fingerprint density at radius 3 is 2.83 bits per heavy atom. The van der Waals surface area contributed by atoms with Crippen molar-refractivity contribution in [2.75, 3.05) is 32.1 Å². The van der Waals surface area contributed by atoms with Gasteiger partial charge >= 0.3 is 0 Å². The van der Waals surface area contributed by atoms with E-state index >= 15 is 0 Å². The van der Waals surface area contributed by atoms with E-state index < -0.39 is 0 Å². The Kier molecular flexibility index (Phi) is 4.25. The Labute approximate surface area is 110 Å². The number of nitrogens with zero attached hydrogens (tertiary/aromatic N) is 2. The molecule has 1 aliphatic heterocycles. The number of hydrogen-bond acceptors (Lipinski definition) is 3. The van der Waals surface area contributed by atoms with Crippen molar-refractivity contribution < 1.29 is 5.11 Å². The van der Waals surface area contributed by atoms with E-state index in [0.29, 0.717) is 6.04 Å². The largest absolute Gasteiger partial charge is 0.392 e. The van der Waals surface area contributed by atoms with Crippen LogP contribution in [0.4, 0.5) is 5.69 Å². The van der Waals surface area contributed by atoms with Crippen molar-refractivity contribution in [3.63, 3.8) is 0 Å². The molecule has 1 aromatic carbocycles. The van der Waals surface area contributed by atoms with Gasteiger partial charge in [-0.15, -0.1) is 0 Å². The smallest absolute Gasteiger partial charge is 0.0702 e. The molecule has 0 amide bonds. The zero-order valence-corrected chi connectivity index (χ0v) is 11.7. The Morgan fingerprint density at radius 2 is 2.22 bits per heavy atom. The van der Waals surface area contributed by atoms with E-state index in [4.69, 9.17) is 0 Å². The van der Waals surface area contributed by atoms with E-state index in [-0.39, 0.29) is 6.61 Å². The van der Waals surface area contributed by atoms with Gasteiger partial charge in [0, 0.05) is 30.9 Å². The van der Waals surface area contributed by atoms with Gasteiger partial charge in [0.1, 0.15) is 0 Å². The van der Waals surface area contributed by atoms with Gasteiger partial charge in [0.2, 0.25) is 0 Å². The van der Waals surface area contributed by atoms with Gasteiger partial charge in [0.15, 0.2) is 0 Å². The van der Waals surface area contributed by atoms with Crippen molar-refractivity contribution in [1.82, 2.24) is 4.90 Å². The molecule has 2 rings (SSSR count). The molecule has 0 spiro atoms. The van der Waals surface area contributed by atoms with Gasteiger partial charge in [-0.2, -0.15) is 0 Å². The summed E-state index contributed by atoms with van der Waals surface area (Å²) >= 11 is 0. The van der Waals surface area contributed by atoms with Crippen LogP contribution in [0.25, 0.3) is 0 Å². The normalized spacial score (nSPS) is 20.3. The lowest BCUT2D eigenvalue weighted by Gasteiger charge is -2.28. The van der Waals surface area contributed by atoms with E-state index in [1.807, 2.05) is 0 Å². The maximum absolute atomic E-state index is 9.47. The summed E-state index contributed by atoms with van der Waals surface area (Å²) in [4.78, 5) is 4.71. The second kappa shape index (κ2) is 5.72. The lowest BCUT2D eigenvalue weighted by atomic mass is 10.1. The molecule has 0 bridgehead atoms. The predicted molar refractivity (Wildman–Crippen MR) is 76.0 cm³/mol. The Morgan fingerprint density at radius 1 is 1.44 bits per heavy atom. The fraction of sp³-hybridized carbons (Fsp3) is 0.600. The molecule has 1 atom stereocenters. The van der Waals surface area contributed by atoms with Crippen LogP contribution in [-0.4, -0.2) is 43.2 Å². The molecule has 0 aromatic heterocycles. The fourth-order valence-corrected chi connectivity index (χ4v) is 2.84. The Hall–Kier alpha value is -1.06. The molecule has 1 aromatic rings. The first kappa shape index (κ1) is 13.4. The number of likely N-dealkylation sites (tertiary alicyclic amines) is 1. The molecule has 0 saturated carbocycles. The molecule has 1 fully saturated rings. The van der Waals surface area contributed by atoms with Crippen LogP contribution in [0.15, 0.2) is 18.2 Å². The van der Waals surface area contributed by atoms with Crippen LogP contribution in [-0.2, 0) is 6.61 Å². The monoisotopic (exact) mass is 248 g/mol. The Balaban J connectivity index is 2.10. The molecule has 0 radical (unpaired) electrons. The summed E-state index contributed by atoms with van der Waals surface area (Å²) in [6.45, 7) is 4.42. The molecule has 1 heterocycles. The van der Waals surface area contributed by atoms with Crippen LogP contribution >= 0.6 is 0 Å². The summed E-state index contributed by atoms with van der Waals surface area (Å²) < 4.78 is 0. The molecule has 18 heavy (non-hydrogen) atoms.